The summed E-state index contributed by atoms with van der Waals surface area (Å²) >= 11 is 0. The molecule has 1 aromatic heterocycles. The van der Waals surface area contributed by atoms with Gasteiger partial charge < -0.3 is 14.8 Å². The summed E-state index contributed by atoms with van der Waals surface area (Å²) in [5.74, 6) is 1.18. The van der Waals surface area contributed by atoms with Crippen molar-refractivity contribution in [3.8, 4) is 11.5 Å². The second kappa shape index (κ2) is 7.44. The standard InChI is InChI=1S/C25H18F2N4O2/c1-32-18-10-11-19-20(12-18)33-24(15-4-8-17(27)9-5-15)21-22(19)30-25-28-13-29-31(25)23(21)14-2-6-16(26)7-3-14/h2-13,23-24H,1H3,(H,28,29,30). The molecule has 33 heavy (non-hydrogen) atoms. The minimum Gasteiger partial charge on any atom is -0.497 e. The van der Waals surface area contributed by atoms with E-state index in [9.17, 15) is 8.78 Å². The van der Waals surface area contributed by atoms with Crippen molar-refractivity contribution in [2.45, 2.75) is 12.1 Å². The molecule has 4 aromatic rings. The molecule has 0 bridgehead atoms. The fraction of sp³-hybridized carbons (Fsp3) is 0.120. The molecule has 2 aliphatic rings. The molecule has 0 amide bonds. The first-order valence-electron chi connectivity index (χ1n) is 10.4. The third kappa shape index (κ3) is 3.14. The van der Waals surface area contributed by atoms with Gasteiger partial charge in [-0.1, -0.05) is 24.3 Å². The lowest BCUT2D eigenvalue weighted by atomic mass is 9.84. The zero-order chi connectivity index (χ0) is 22.5. The Morgan fingerprint density at radius 2 is 1.64 bits per heavy atom. The Hall–Kier alpha value is -4.20. The van der Waals surface area contributed by atoms with Gasteiger partial charge in [0.2, 0.25) is 5.95 Å². The van der Waals surface area contributed by atoms with Crippen LogP contribution in [0.5, 0.6) is 11.5 Å². The molecule has 0 aliphatic carbocycles. The van der Waals surface area contributed by atoms with Crippen molar-refractivity contribution < 1.29 is 18.3 Å². The van der Waals surface area contributed by atoms with Gasteiger partial charge in [-0.2, -0.15) is 10.1 Å². The lowest BCUT2D eigenvalue weighted by molar-refractivity contribution is 0.222. The zero-order valence-corrected chi connectivity index (χ0v) is 17.5. The van der Waals surface area contributed by atoms with Gasteiger partial charge in [0.05, 0.1) is 12.8 Å². The van der Waals surface area contributed by atoms with E-state index in [1.807, 2.05) is 18.2 Å². The number of hydrogen-bond donors (Lipinski definition) is 1. The molecule has 0 saturated carbocycles. The molecule has 0 saturated heterocycles. The van der Waals surface area contributed by atoms with E-state index in [-0.39, 0.29) is 11.6 Å². The second-order valence-electron chi connectivity index (χ2n) is 7.85. The van der Waals surface area contributed by atoms with Gasteiger partial charge in [0, 0.05) is 17.2 Å². The normalized spacial score (nSPS) is 18.5. The topological polar surface area (TPSA) is 61.2 Å². The number of rotatable bonds is 3. The molecule has 8 heteroatoms. The van der Waals surface area contributed by atoms with Gasteiger partial charge in [-0.15, -0.1) is 0 Å². The lowest BCUT2D eigenvalue weighted by Crippen LogP contribution is -2.32. The van der Waals surface area contributed by atoms with Crippen molar-refractivity contribution >= 4 is 11.6 Å². The maximum absolute atomic E-state index is 13.7. The van der Waals surface area contributed by atoms with Gasteiger partial charge >= 0.3 is 0 Å². The lowest BCUT2D eigenvalue weighted by Gasteiger charge is -2.39. The third-order valence-corrected chi connectivity index (χ3v) is 5.98. The molecule has 0 fully saturated rings. The third-order valence-electron chi connectivity index (χ3n) is 5.98. The van der Waals surface area contributed by atoms with E-state index in [2.05, 4.69) is 15.4 Å². The van der Waals surface area contributed by atoms with Crippen LogP contribution in [0.15, 0.2) is 78.6 Å². The van der Waals surface area contributed by atoms with E-state index in [0.29, 0.717) is 17.4 Å². The summed E-state index contributed by atoms with van der Waals surface area (Å²) in [5, 5.41) is 7.83. The number of nitrogens with zero attached hydrogens (tertiary/aromatic N) is 3. The zero-order valence-electron chi connectivity index (χ0n) is 17.5. The molecule has 164 valence electrons. The predicted octanol–water partition coefficient (Wildman–Crippen LogP) is 5.12. The van der Waals surface area contributed by atoms with Crippen molar-refractivity contribution in [1.82, 2.24) is 14.8 Å². The van der Waals surface area contributed by atoms with E-state index in [1.165, 1.54) is 30.6 Å². The summed E-state index contributed by atoms with van der Waals surface area (Å²) in [6.45, 7) is 0. The Morgan fingerprint density at radius 3 is 2.33 bits per heavy atom. The molecule has 6 nitrogen and oxygen atoms in total. The van der Waals surface area contributed by atoms with Crippen molar-refractivity contribution in [2.75, 3.05) is 12.4 Å². The molecular weight excluding hydrogens is 426 g/mol. The Balaban J connectivity index is 1.62. The van der Waals surface area contributed by atoms with Crippen molar-refractivity contribution in [3.63, 3.8) is 0 Å². The van der Waals surface area contributed by atoms with Crippen LogP contribution >= 0.6 is 0 Å². The van der Waals surface area contributed by atoms with Crippen LogP contribution in [0.1, 0.15) is 28.8 Å². The van der Waals surface area contributed by atoms with Crippen molar-refractivity contribution in [3.05, 3.63) is 107 Å². The number of ether oxygens (including phenoxy) is 2. The van der Waals surface area contributed by atoms with Crippen LogP contribution < -0.4 is 14.8 Å². The second-order valence-corrected chi connectivity index (χ2v) is 7.85. The van der Waals surface area contributed by atoms with Crippen LogP contribution in [0.4, 0.5) is 14.7 Å². The highest BCUT2D eigenvalue weighted by Crippen LogP contribution is 2.51. The van der Waals surface area contributed by atoms with Crippen LogP contribution in [-0.4, -0.2) is 21.9 Å². The molecule has 2 aliphatic heterocycles. The number of anilines is 1. The maximum Gasteiger partial charge on any atom is 0.226 e. The van der Waals surface area contributed by atoms with E-state index in [4.69, 9.17) is 9.47 Å². The van der Waals surface area contributed by atoms with E-state index in [1.54, 1.807) is 36.1 Å². The summed E-state index contributed by atoms with van der Waals surface area (Å²) in [6, 6.07) is 17.7. The molecule has 0 radical (unpaired) electrons. The number of aromatic nitrogens is 3. The number of nitrogens with one attached hydrogen (secondary N) is 1. The fourth-order valence-corrected chi connectivity index (χ4v) is 4.45. The quantitative estimate of drug-likeness (QED) is 0.475. The number of benzene rings is 3. The molecule has 3 heterocycles. The number of halogens is 2. The molecule has 0 spiro atoms. The van der Waals surface area contributed by atoms with Gasteiger partial charge in [0.15, 0.2) is 0 Å². The summed E-state index contributed by atoms with van der Waals surface area (Å²) in [5.41, 5.74) is 4.12. The average Bonchev–Trinajstić information content (AvgIpc) is 3.31. The number of hydrogen-bond acceptors (Lipinski definition) is 5. The van der Waals surface area contributed by atoms with Crippen molar-refractivity contribution in [2.24, 2.45) is 0 Å². The summed E-state index contributed by atoms with van der Waals surface area (Å²) in [6.07, 6.45) is 0.917. The predicted molar refractivity (Wildman–Crippen MR) is 118 cm³/mol. The van der Waals surface area contributed by atoms with Crippen LogP contribution in [0, 0.1) is 11.6 Å². The van der Waals surface area contributed by atoms with Gasteiger partial charge in [-0.25, -0.2) is 13.5 Å². The van der Waals surface area contributed by atoms with Crippen LogP contribution in [0.3, 0.4) is 0 Å². The highest BCUT2D eigenvalue weighted by Gasteiger charge is 2.41. The summed E-state index contributed by atoms with van der Waals surface area (Å²) in [7, 11) is 1.60. The molecule has 3 aromatic carbocycles. The van der Waals surface area contributed by atoms with E-state index < -0.39 is 12.1 Å². The van der Waals surface area contributed by atoms with Crippen LogP contribution in [0.2, 0.25) is 0 Å². The first-order valence-corrected chi connectivity index (χ1v) is 10.4. The Kier molecular flexibility index (Phi) is 4.39. The first kappa shape index (κ1) is 19.5. The van der Waals surface area contributed by atoms with Gasteiger partial charge in [-0.3, -0.25) is 0 Å². The Bertz CT molecular complexity index is 1380. The minimum atomic E-state index is -0.555. The van der Waals surface area contributed by atoms with E-state index >= 15 is 0 Å². The van der Waals surface area contributed by atoms with Gasteiger partial charge in [0.1, 0.15) is 41.6 Å². The SMILES string of the molecule is COc1ccc2c(c1)OC(c1ccc(F)cc1)C1=C2Nc2ncnn2C1c1ccc(F)cc1. The minimum absolute atomic E-state index is 0.326. The van der Waals surface area contributed by atoms with Crippen LogP contribution in [0.25, 0.3) is 5.70 Å². The Labute approximate surface area is 188 Å². The number of methoxy groups -OCH3 is 1. The van der Waals surface area contributed by atoms with Gasteiger partial charge in [0.25, 0.3) is 0 Å². The first-order chi connectivity index (χ1) is 16.1. The highest BCUT2D eigenvalue weighted by molar-refractivity contribution is 5.85. The van der Waals surface area contributed by atoms with Crippen LogP contribution in [-0.2, 0) is 0 Å². The molecule has 1 N–H and O–H groups in total. The molecule has 2 unspecified atom stereocenters. The molecular formula is C25H18F2N4O2. The van der Waals surface area contributed by atoms with E-state index in [0.717, 1.165) is 28.0 Å². The highest BCUT2D eigenvalue weighted by atomic mass is 19.1. The van der Waals surface area contributed by atoms with Crippen molar-refractivity contribution in [1.29, 1.82) is 0 Å². The fourth-order valence-electron chi connectivity index (χ4n) is 4.45. The average molecular weight is 444 g/mol. The largest absolute Gasteiger partial charge is 0.497 e. The monoisotopic (exact) mass is 444 g/mol. The number of fused-ring (bicyclic) bond motifs is 3. The van der Waals surface area contributed by atoms with Gasteiger partial charge in [-0.05, 0) is 47.5 Å². The smallest absolute Gasteiger partial charge is 0.226 e. The summed E-state index contributed by atoms with van der Waals surface area (Å²) < 4.78 is 41.1. The Morgan fingerprint density at radius 1 is 0.939 bits per heavy atom. The summed E-state index contributed by atoms with van der Waals surface area (Å²) in [4.78, 5) is 4.37. The molecule has 6 rings (SSSR count). The molecule has 2 atom stereocenters. The maximum atomic E-state index is 13.7.